The van der Waals surface area contributed by atoms with Crippen molar-refractivity contribution in [2.75, 3.05) is 12.3 Å². The zero-order valence-corrected chi connectivity index (χ0v) is 15.1. The maximum absolute atomic E-state index is 13.5. The lowest BCUT2D eigenvalue weighted by Gasteiger charge is -2.27. The van der Waals surface area contributed by atoms with Crippen LogP contribution in [0.5, 0.6) is 0 Å². The molecule has 2 aromatic heterocycles. The lowest BCUT2D eigenvalue weighted by atomic mass is 9.96. The summed E-state index contributed by atoms with van der Waals surface area (Å²) in [4.78, 5) is 23.2. The molecule has 9 nitrogen and oxygen atoms in total. The van der Waals surface area contributed by atoms with Crippen LogP contribution in [0.2, 0.25) is 0 Å². The van der Waals surface area contributed by atoms with Crippen molar-refractivity contribution in [3.63, 3.8) is 0 Å². The van der Waals surface area contributed by atoms with E-state index in [1.54, 1.807) is 20.8 Å². The first kappa shape index (κ1) is 19.0. The van der Waals surface area contributed by atoms with E-state index >= 15 is 0 Å². The average Bonchev–Trinajstić information content (AvgIpc) is 3.13. The summed E-state index contributed by atoms with van der Waals surface area (Å²) in [5.74, 6) is 1.79. The standard InChI is InChI=1S/C17H20FN5O4/c1-5-17(7-26-14(25)16(2,3)4)9(24)6-10(27-17)23-8-20-11-12(19)21-15(18)22-13(11)23/h1,8-10,24H,6-7H2,2-4H3,(H2,19,21,22)/t9-,10+,17+/m0/s1. The van der Waals surface area contributed by atoms with E-state index in [4.69, 9.17) is 21.6 Å². The van der Waals surface area contributed by atoms with Crippen LogP contribution in [-0.4, -0.2) is 48.9 Å². The number of halogens is 1. The summed E-state index contributed by atoms with van der Waals surface area (Å²) in [7, 11) is 0. The molecule has 1 saturated heterocycles. The lowest BCUT2D eigenvalue weighted by Crippen LogP contribution is -2.44. The van der Waals surface area contributed by atoms with E-state index in [2.05, 4.69) is 20.9 Å². The molecule has 27 heavy (non-hydrogen) atoms. The molecular weight excluding hydrogens is 357 g/mol. The van der Waals surface area contributed by atoms with Crippen LogP contribution in [0.3, 0.4) is 0 Å². The summed E-state index contributed by atoms with van der Waals surface area (Å²) < 4.78 is 26.0. The molecule has 1 aliphatic heterocycles. The molecule has 3 N–H and O–H groups in total. The number of anilines is 1. The van der Waals surface area contributed by atoms with Gasteiger partial charge in [0, 0.05) is 6.42 Å². The van der Waals surface area contributed by atoms with Gasteiger partial charge in [0.2, 0.25) is 0 Å². The van der Waals surface area contributed by atoms with Crippen molar-refractivity contribution in [1.82, 2.24) is 19.5 Å². The number of ether oxygens (including phenoxy) is 2. The second kappa shape index (κ2) is 6.44. The number of nitrogen functional groups attached to an aromatic ring is 1. The number of aliphatic hydroxyl groups excluding tert-OH is 1. The van der Waals surface area contributed by atoms with Gasteiger partial charge >= 0.3 is 12.0 Å². The third-order valence-corrected chi connectivity index (χ3v) is 4.32. The molecule has 0 spiro atoms. The van der Waals surface area contributed by atoms with Crippen LogP contribution in [-0.2, 0) is 14.3 Å². The monoisotopic (exact) mass is 377 g/mol. The van der Waals surface area contributed by atoms with Gasteiger partial charge in [-0.25, -0.2) is 4.98 Å². The second-order valence-electron chi connectivity index (χ2n) is 7.39. The van der Waals surface area contributed by atoms with Crippen LogP contribution in [0.15, 0.2) is 6.33 Å². The fourth-order valence-electron chi connectivity index (χ4n) is 2.73. The summed E-state index contributed by atoms with van der Waals surface area (Å²) in [6.45, 7) is 4.77. The third-order valence-electron chi connectivity index (χ3n) is 4.32. The fraction of sp³-hybridized carbons (Fsp3) is 0.529. The normalized spacial score (nSPS) is 25.5. The van der Waals surface area contributed by atoms with Gasteiger partial charge in [0.15, 0.2) is 22.6 Å². The summed E-state index contributed by atoms with van der Waals surface area (Å²) in [5, 5.41) is 10.5. The summed E-state index contributed by atoms with van der Waals surface area (Å²) in [5.41, 5.74) is 3.69. The van der Waals surface area contributed by atoms with E-state index in [0.717, 1.165) is 0 Å². The molecule has 0 unspecified atom stereocenters. The second-order valence-corrected chi connectivity index (χ2v) is 7.39. The van der Waals surface area contributed by atoms with Gasteiger partial charge < -0.3 is 20.3 Å². The van der Waals surface area contributed by atoms with E-state index in [-0.39, 0.29) is 30.0 Å². The summed E-state index contributed by atoms with van der Waals surface area (Å²) >= 11 is 0. The third kappa shape index (κ3) is 3.31. The summed E-state index contributed by atoms with van der Waals surface area (Å²) in [6, 6.07) is 0. The van der Waals surface area contributed by atoms with Gasteiger partial charge in [-0.3, -0.25) is 9.36 Å². The smallest absolute Gasteiger partial charge is 0.312 e. The van der Waals surface area contributed by atoms with Gasteiger partial charge in [-0.05, 0) is 20.8 Å². The van der Waals surface area contributed by atoms with Crippen LogP contribution < -0.4 is 5.73 Å². The highest BCUT2D eigenvalue weighted by Crippen LogP contribution is 2.38. The number of hydrogen-bond donors (Lipinski definition) is 2. The molecule has 1 aliphatic rings. The topological polar surface area (TPSA) is 125 Å². The average molecular weight is 377 g/mol. The molecule has 3 rings (SSSR count). The van der Waals surface area contributed by atoms with Gasteiger partial charge in [0.25, 0.3) is 0 Å². The van der Waals surface area contributed by atoms with Crippen molar-refractivity contribution in [1.29, 1.82) is 0 Å². The van der Waals surface area contributed by atoms with E-state index in [1.165, 1.54) is 10.9 Å². The Morgan fingerprint density at radius 3 is 2.93 bits per heavy atom. The van der Waals surface area contributed by atoms with E-state index in [0.29, 0.717) is 0 Å². The Morgan fingerprint density at radius 1 is 1.59 bits per heavy atom. The van der Waals surface area contributed by atoms with Crippen molar-refractivity contribution in [2.24, 2.45) is 5.41 Å². The van der Waals surface area contributed by atoms with Gasteiger partial charge in [0.1, 0.15) is 18.9 Å². The maximum Gasteiger partial charge on any atom is 0.312 e. The Morgan fingerprint density at radius 2 is 2.30 bits per heavy atom. The molecule has 0 bridgehead atoms. The van der Waals surface area contributed by atoms with Crippen molar-refractivity contribution >= 4 is 23.0 Å². The predicted octanol–water partition coefficient (Wildman–Crippen LogP) is 0.789. The molecule has 3 atom stereocenters. The minimum atomic E-state index is -1.54. The number of carbonyl (C=O) groups is 1. The van der Waals surface area contributed by atoms with Crippen LogP contribution in [0.25, 0.3) is 11.2 Å². The molecule has 0 radical (unpaired) electrons. The van der Waals surface area contributed by atoms with Crippen LogP contribution >= 0.6 is 0 Å². The van der Waals surface area contributed by atoms with Gasteiger partial charge in [0.05, 0.1) is 11.7 Å². The summed E-state index contributed by atoms with van der Waals surface area (Å²) in [6.07, 6.45) is 4.05. The maximum atomic E-state index is 13.5. The van der Waals surface area contributed by atoms with Crippen LogP contribution in [0, 0.1) is 23.8 Å². The number of carbonyl (C=O) groups excluding carboxylic acids is 1. The minimum absolute atomic E-state index is 0.0637. The van der Waals surface area contributed by atoms with Crippen molar-refractivity contribution in [3.8, 4) is 12.3 Å². The molecule has 10 heteroatoms. The number of esters is 1. The Kier molecular flexibility index (Phi) is 4.53. The molecule has 3 heterocycles. The number of nitrogens with two attached hydrogens (primary N) is 1. The Bertz CT molecular complexity index is 932. The number of terminal acetylenes is 1. The number of aliphatic hydroxyl groups is 1. The fourth-order valence-corrected chi connectivity index (χ4v) is 2.73. The molecule has 2 aromatic rings. The highest BCUT2D eigenvalue weighted by Gasteiger charge is 2.49. The number of nitrogens with zero attached hydrogens (tertiary/aromatic N) is 4. The quantitative estimate of drug-likeness (QED) is 0.457. The highest BCUT2D eigenvalue weighted by atomic mass is 19.1. The van der Waals surface area contributed by atoms with E-state index in [9.17, 15) is 14.3 Å². The molecule has 144 valence electrons. The number of fused-ring (bicyclic) bond motifs is 1. The van der Waals surface area contributed by atoms with Crippen molar-refractivity contribution in [2.45, 2.75) is 45.1 Å². The predicted molar refractivity (Wildman–Crippen MR) is 92.4 cm³/mol. The molecule has 0 saturated carbocycles. The zero-order valence-electron chi connectivity index (χ0n) is 15.1. The van der Waals surface area contributed by atoms with Gasteiger partial charge in [-0.1, -0.05) is 5.92 Å². The lowest BCUT2D eigenvalue weighted by molar-refractivity contribution is -0.164. The van der Waals surface area contributed by atoms with E-state index in [1.807, 2.05) is 0 Å². The first-order valence-electron chi connectivity index (χ1n) is 8.24. The molecule has 0 aliphatic carbocycles. The first-order chi connectivity index (χ1) is 12.6. The Hall–Kier alpha value is -2.77. The molecular formula is C17H20FN5O4. The molecule has 0 amide bonds. The SMILES string of the molecule is C#C[C@]1(COC(=O)C(C)(C)C)O[C@@H](n2cnc3c(N)nc(F)nc32)C[C@@H]1O. The largest absolute Gasteiger partial charge is 0.461 e. The van der Waals surface area contributed by atoms with Crippen LogP contribution in [0.4, 0.5) is 10.2 Å². The van der Waals surface area contributed by atoms with Crippen LogP contribution in [0.1, 0.15) is 33.4 Å². The number of aromatic nitrogens is 4. The molecule has 1 fully saturated rings. The van der Waals surface area contributed by atoms with Gasteiger partial charge in [-0.15, -0.1) is 6.42 Å². The van der Waals surface area contributed by atoms with Crippen molar-refractivity contribution < 1.29 is 23.8 Å². The Labute approximate surface area is 154 Å². The van der Waals surface area contributed by atoms with Crippen molar-refractivity contribution in [3.05, 3.63) is 12.4 Å². The number of rotatable bonds is 3. The first-order valence-corrected chi connectivity index (χ1v) is 8.24. The van der Waals surface area contributed by atoms with Gasteiger partial charge in [-0.2, -0.15) is 14.4 Å². The highest BCUT2D eigenvalue weighted by molar-refractivity contribution is 5.81. The number of hydrogen-bond acceptors (Lipinski definition) is 8. The van der Waals surface area contributed by atoms with E-state index < -0.39 is 35.4 Å². The minimum Gasteiger partial charge on any atom is -0.461 e. The number of imidazole rings is 1. The Balaban J connectivity index is 1.87. The zero-order chi connectivity index (χ0) is 20.0. The molecule has 0 aromatic carbocycles.